The number of benzene rings is 1. The van der Waals surface area contributed by atoms with Gasteiger partial charge in [0.15, 0.2) is 11.5 Å². The maximum atomic E-state index is 13.4. The molecule has 1 aliphatic heterocycles. The number of ether oxygens (including phenoxy) is 2. The van der Waals surface area contributed by atoms with Gasteiger partial charge in [-0.1, -0.05) is 18.9 Å². The average molecular weight is 368 g/mol. The fourth-order valence-electron chi connectivity index (χ4n) is 4.08. The monoisotopic (exact) mass is 368 g/mol. The van der Waals surface area contributed by atoms with Crippen molar-refractivity contribution in [2.24, 2.45) is 0 Å². The van der Waals surface area contributed by atoms with E-state index in [2.05, 4.69) is 4.98 Å². The first-order valence-corrected chi connectivity index (χ1v) is 9.43. The van der Waals surface area contributed by atoms with Crippen LogP contribution in [0.15, 0.2) is 29.1 Å². The zero-order chi connectivity index (χ0) is 19.0. The molecule has 1 aliphatic carbocycles. The van der Waals surface area contributed by atoms with Gasteiger partial charge >= 0.3 is 0 Å². The Morgan fingerprint density at radius 3 is 2.63 bits per heavy atom. The maximum Gasteiger partial charge on any atom is 0.261 e. The summed E-state index contributed by atoms with van der Waals surface area (Å²) in [5.41, 5.74) is 2.38. The van der Waals surface area contributed by atoms with E-state index in [9.17, 15) is 9.59 Å². The molecule has 1 amide bonds. The molecule has 0 spiro atoms. The second-order valence-corrected chi connectivity index (χ2v) is 7.40. The van der Waals surface area contributed by atoms with Gasteiger partial charge in [0, 0.05) is 18.3 Å². The summed E-state index contributed by atoms with van der Waals surface area (Å²) >= 11 is 0. The molecule has 0 bridgehead atoms. The SMILES string of the molecule is Cc1cc(C)c(C(=O)N(Cc2ccc3c(c2)OCO3)C2CCCC2)c(=O)[nH]1. The van der Waals surface area contributed by atoms with Crippen LogP contribution < -0.4 is 15.0 Å². The normalized spacial score (nSPS) is 15.9. The fourth-order valence-corrected chi connectivity index (χ4v) is 4.08. The predicted octanol–water partition coefficient (Wildman–Crippen LogP) is 3.31. The number of aromatic amines is 1. The molecule has 6 nitrogen and oxygen atoms in total. The number of hydrogen-bond donors (Lipinski definition) is 1. The Morgan fingerprint density at radius 1 is 1.15 bits per heavy atom. The minimum atomic E-state index is -0.314. The van der Waals surface area contributed by atoms with Crippen molar-refractivity contribution in [3.63, 3.8) is 0 Å². The summed E-state index contributed by atoms with van der Waals surface area (Å²) in [5, 5.41) is 0. The van der Waals surface area contributed by atoms with Crippen LogP contribution in [-0.2, 0) is 6.54 Å². The molecule has 27 heavy (non-hydrogen) atoms. The smallest absolute Gasteiger partial charge is 0.261 e. The number of carbonyl (C=O) groups excluding carboxylic acids is 1. The van der Waals surface area contributed by atoms with Crippen LogP contribution in [0.1, 0.15) is 52.9 Å². The number of amides is 1. The Labute approximate surface area is 158 Å². The van der Waals surface area contributed by atoms with Gasteiger partial charge in [-0.2, -0.15) is 0 Å². The van der Waals surface area contributed by atoms with Gasteiger partial charge in [-0.15, -0.1) is 0 Å². The number of nitrogens with one attached hydrogen (secondary N) is 1. The molecule has 0 saturated heterocycles. The second kappa shape index (κ2) is 7.10. The van der Waals surface area contributed by atoms with Crippen LogP contribution in [0.4, 0.5) is 0 Å². The Morgan fingerprint density at radius 2 is 1.89 bits per heavy atom. The van der Waals surface area contributed by atoms with Crippen molar-refractivity contribution in [1.29, 1.82) is 0 Å². The van der Waals surface area contributed by atoms with Crippen LogP contribution in [0, 0.1) is 13.8 Å². The minimum absolute atomic E-state index is 0.156. The number of hydrogen-bond acceptors (Lipinski definition) is 4. The van der Waals surface area contributed by atoms with Crippen molar-refractivity contribution < 1.29 is 14.3 Å². The summed E-state index contributed by atoms with van der Waals surface area (Å²) in [6.45, 7) is 4.32. The molecule has 1 aromatic carbocycles. The summed E-state index contributed by atoms with van der Waals surface area (Å²) in [5.74, 6) is 1.23. The lowest BCUT2D eigenvalue weighted by Gasteiger charge is -2.29. The molecule has 1 N–H and O–H groups in total. The molecule has 6 heteroatoms. The van der Waals surface area contributed by atoms with Crippen LogP contribution in [0.2, 0.25) is 0 Å². The number of aryl methyl sites for hydroxylation is 2. The summed E-state index contributed by atoms with van der Waals surface area (Å²) in [6.07, 6.45) is 4.16. The molecule has 4 rings (SSSR count). The second-order valence-electron chi connectivity index (χ2n) is 7.40. The van der Waals surface area contributed by atoms with Crippen LogP contribution in [0.5, 0.6) is 11.5 Å². The lowest BCUT2D eigenvalue weighted by atomic mass is 10.1. The third kappa shape index (κ3) is 3.44. The number of fused-ring (bicyclic) bond motifs is 1. The largest absolute Gasteiger partial charge is 0.454 e. The average Bonchev–Trinajstić information content (AvgIpc) is 3.29. The minimum Gasteiger partial charge on any atom is -0.454 e. The highest BCUT2D eigenvalue weighted by atomic mass is 16.7. The molecule has 1 saturated carbocycles. The molecule has 0 atom stereocenters. The molecule has 2 aromatic rings. The van der Waals surface area contributed by atoms with Crippen molar-refractivity contribution in [3.8, 4) is 11.5 Å². The van der Waals surface area contributed by atoms with E-state index in [0.29, 0.717) is 12.3 Å². The number of pyridine rings is 1. The van der Waals surface area contributed by atoms with Crippen molar-refractivity contribution in [2.45, 2.75) is 52.1 Å². The van der Waals surface area contributed by atoms with E-state index in [1.165, 1.54) is 0 Å². The highest BCUT2D eigenvalue weighted by Gasteiger charge is 2.30. The molecule has 2 aliphatic rings. The lowest BCUT2D eigenvalue weighted by molar-refractivity contribution is 0.0661. The van der Waals surface area contributed by atoms with Crippen molar-refractivity contribution in [1.82, 2.24) is 9.88 Å². The van der Waals surface area contributed by atoms with E-state index >= 15 is 0 Å². The Kier molecular flexibility index (Phi) is 4.64. The van der Waals surface area contributed by atoms with Crippen LogP contribution >= 0.6 is 0 Å². The summed E-state index contributed by atoms with van der Waals surface area (Å²) in [4.78, 5) is 30.5. The first-order chi connectivity index (χ1) is 13.0. The fraction of sp³-hybridized carbons (Fsp3) is 0.429. The number of H-pyrrole nitrogens is 1. The van der Waals surface area contributed by atoms with Crippen molar-refractivity contribution >= 4 is 5.91 Å². The number of nitrogens with zero attached hydrogens (tertiary/aromatic N) is 1. The van der Waals surface area contributed by atoms with Crippen LogP contribution in [-0.4, -0.2) is 28.6 Å². The van der Waals surface area contributed by atoms with Gasteiger partial charge in [-0.25, -0.2) is 0 Å². The van der Waals surface area contributed by atoms with Crippen molar-refractivity contribution in [3.05, 3.63) is 57.0 Å². The van der Waals surface area contributed by atoms with E-state index in [1.807, 2.05) is 43.0 Å². The topological polar surface area (TPSA) is 71.6 Å². The van der Waals surface area contributed by atoms with Gasteiger partial charge < -0.3 is 19.4 Å². The molecule has 142 valence electrons. The summed E-state index contributed by atoms with van der Waals surface area (Å²) < 4.78 is 10.8. The molecular weight excluding hydrogens is 344 g/mol. The van der Waals surface area contributed by atoms with Gasteiger partial charge in [0.1, 0.15) is 5.56 Å². The number of rotatable bonds is 4. The van der Waals surface area contributed by atoms with Crippen LogP contribution in [0.25, 0.3) is 0 Å². The first kappa shape index (κ1) is 17.6. The molecule has 0 unspecified atom stereocenters. The zero-order valence-electron chi connectivity index (χ0n) is 15.7. The molecule has 1 fully saturated rings. The van der Waals surface area contributed by atoms with E-state index in [4.69, 9.17) is 9.47 Å². The molecular formula is C21H24N2O4. The molecule has 1 aromatic heterocycles. The van der Waals surface area contributed by atoms with Crippen molar-refractivity contribution in [2.75, 3.05) is 6.79 Å². The lowest BCUT2D eigenvalue weighted by Crippen LogP contribution is -2.41. The Hall–Kier alpha value is -2.76. The third-order valence-corrected chi connectivity index (χ3v) is 5.40. The van der Waals surface area contributed by atoms with Gasteiger partial charge in [-0.05, 0) is 56.0 Å². The summed E-state index contributed by atoms with van der Waals surface area (Å²) in [6, 6.07) is 7.75. The van der Waals surface area contributed by atoms with Crippen LogP contribution in [0.3, 0.4) is 0 Å². The number of carbonyl (C=O) groups is 1. The Balaban J connectivity index is 1.67. The molecule has 0 radical (unpaired) electrons. The van der Waals surface area contributed by atoms with Gasteiger partial charge in [-0.3, -0.25) is 9.59 Å². The third-order valence-electron chi connectivity index (χ3n) is 5.40. The van der Waals surface area contributed by atoms with Gasteiger partial charge in [0.05, 0.1) is 0 Å². The predicted molar refractivity (Wildman–Crippen MR) is 101 cm³/mol. The Bertz CT molecular complexity index is 928. The van der Waals surface area contributed by atoms with E-state index in [0.717, 1.165) is 48.3 Å². The van der Waals surface area contributed by atoms with E-state index in [-0.39, 0.29) is 29.9 Å². The highest BCUT2D eigenvalue weighted by Crippen LogP contribution is 2.34. The standard InChI is InChI=1S/C21H24N2O4/c1-13-9-14(2)22-20(24)19(13)21(25)23(16-5-3-4-6-16)11-15-7-8-17-18(10-15)27-12-26-17/h7-10,16H,3-6,11-12H2,1-2H3,(H,22,24). The van der Waals surface area contributed by atoms with Gasteiger partial charge in [0.2, 0.25) is 6.79 Å². The van der Waals surface area contributed by atoms with E-state index in [1.54, 1.807) is 0 Å². The quantitative estimate of drug-likeness (QED) is 0.899. The van der Waals surface area contributed by atoms with E-state index < -0.39 is 0 Å². The van der Waals surface area contributed by atoms with Gasteiger partial charge in [0.25, 0.3) is 11.5 Å². The maximum absolute atomic E-state index is 13.4. The molecule has 2 heterocycles. The highest BCUT2D eigenvalue weighted by molar-refractivity contribution is 5.95. The first-order valence-electron chi connectivity index (χ1n) is 9.43. The summed E-state index contributed by atoms with van der Waals surface area (Å²) in [7, 11) is 0. The zero-order valence-corrected chi connectivity index (χ0v) is 15.7. The number of aromatic nitrogens is 1.